The highest BCUT2D eigenvalue weighted by Crippen LogP contribution is 2.40. The third-order valence-corrected chi connectivity index (χ3v) is 7.87. The summed E-state index contributed by atoms with van der Waals surface area (Å²) in [6, 6.07) is 4.02. The second kappa shape index (κ2) is 8.44. The molecule has 0 bridgehead atoms. The molecular weight excluding hydrogens is 400 g/mol. The number of piperidine rings is 1. The van der Waals surface area contributed by atoms with Crippen molar-refractivity contribution < 1.29 is 9.90 Å². The second-order valence-electron chi connectivity index (χ2n) is 11.6. The number of carbonyl (C=O) groups is 1. The first-order valence-corrected chi connectivity index (χ1v) is 12.4. The number of aliphatic hydroxyl groups is 1. The van der Waals surface area contributed by atoms with Gasteiger partial charge in [-0.3, -0.25) is 4.79 Å². The number of aromatic nitrogens is 3. The van der Waals surface area contributed by atoms with E-state index in [0.29, 0.717) is 18.2 Å². The Bertz CT molecular complexity index is 985. The van der Waals surface area contributed by atoms with Gasteiger partial charge in [0.25, 0.3) is 5.91 Å². The predicted octanol–water partition coefficient (Wildman–Crippen LogP) is 4.99. The van der Waals surface area contributed by atoms with Gasteiger partial charge in [0.05, 0.1) is 11.6 Å². The van der Waals surface area contributed by atoms with Crippen molar-refractivity contribution in [1.82, 2.24) is 19.5 Å². The van der Waals surface area contributed by atoms with Crippen LogP contribution < -0.4 is 0 Å². The molecule has 2 aromatic heterocycles. The van der Waals surface area contributed by atoms with Gasteiger partial charge in [-0.25, -0.2) is 9.50 Å². The number of nitrogens with zero attached hydrogens (tertiary/aromatic N) is 4. The summed E-state index contributed by atoms with van der Waals surface area (Å²) in [7, 11) is 0. The summed E-state index contributed by atoms with van der Waals surface area (Å²) in [4.78, 5) is 20.2. The molecule has 6 nitrogen and oxygen atoms in total. The van der Waals surface area contributed by atoms with Gasteiger partial charge in [-0.1, -0.05) is 59.8 Å². The van der Waals surface area contributed by atoms with Crippen molar-refractivity contribution in [3.8, 4) is 0 Å². The molecule has 3 heterocycles. The third kappa shape index (κ3) is 4.18. The van der Waals surface area contributed by atoms with Crippen LogP contribution in [0.4, 0.5) is 0 Å². The van der Waals surface area contributed by atoms with Gasteiger partial charge in [-0.05, 0) is 50.0 Å². The van der Waals surface area contributed by atoms with Gasteiger partial charge in [0, 0.05) is 24.0 Å². The van der Waals surface area contributed by atoms with E-state index in [4.69, 9.17) is 10.1 Å². The maximum absolute atomic E-state index is 13.5. The lowest BCUT2D eigenvalue weighted by Crippen LogP contribution is -2.64. The van der Waals surface area contributed by atoms with E-state index in [2.05, 4.69) is 33.8 Å². The summed E-state index contributed by atoms with van der Waals surface area (Å²) in [5.74, 6) is 0.864. The minimum atomic E-state index is -0.658. The molecule has 32 heavy (non-hydrogen) atoms. The van der Waals surface area contributed by atoms with Gasteiger partial charge in [-0.2, -0.15) is 5.10 Å². The average Bonchev–Trinajstić information content (AvgIpc) is 3.16. The lowest BCUT2D eigenvalue weighted by Gasteiger charge is -2.52. The van der Waals surface area contributed by atoms with Crippen molar-refractivity contribution in [2.45, 2.75) is 104 Å². The monoisotopic (exact) mass is 440 g/mol. The maximum Gasteiger partial charge on any atom is 0.274 e. The van der Waals surface area contributed by atoms with Gasteiger partial charge < -0.3 is 10.0 Å². The zero-order valence-electron chi connectivity index (χ0n) is 20.7. The highest BCUT2D eigenvalue weighted by Gasteiger charge is 2.49. The lowest BCUT2D eigenvalue weighted by atomic mass is 9.70. The quantitative estimate of drug-likeness (QED) is 0.727. The minimum absolute atomic E-state index is 0.126. The molecule has 2 aliphatic rings. The molecule has 1 unspecified atom stereocenters. The highest BCUT2D eigenvalue weighted by atomic mass is 16.3. The molecule has 0 radical (unpaired) electrons. The first-order chi connectivity index (χ1) is 15.0. The summed E-state index contributed by atoms with van der Waals surface area (Å²) in [5, 5.41) is 15.7. The molecule has 1 amide bonds. The third-order valence-electron chi connectivity index (χ3n) is 7.87. The fourth-order valence-corrected chi connectivity index (χ4v) is 5.79. The van der Waals surface area contributed by atoms with E-state index in [9.17, 15) is 9.90 Å². The Kier molecular flexibility index (Phi) is 6.12. The first kappa shape index (κ1) is 23.2. The van der Waals surface area contributed by atoms with Crippen LogP contribution in [0.25, 0.3) is 5.65 Å². The molecule has 1 aliphatic heterocycles. The predicted molar refractivity (Wildman–Crippen MR) is 127 cm³/mol. The molecule has 1 aliphatic carbocycles. The molecule has 1 N–H and O–H groups in total. The summed E-state index contributed by atoms with van der Waals surface area (Å²) in [6.45, 7) is 13.0. The van der Waals surface area contributed by atoms with Crippen LogP contribution in [-0.2, 0) is 6.42 Å². The van der Waals surface area contributed by atoms with Crippen molar-refractivity contribution in [2.75, 3.05) is 6.54 Å². The number of rotatable bonds is 4. The Morgan fingerprint density at radius 1 is 1.16 bits per heavy atom. The van der Waals surface area contributed by atoms with E-state index in [-0.39, 0.29) is 17.2 Å². The zero-order chi connectivity index (χ0) is 23.3. The van der Waals surface area contributed by atoms with Crippen molar-refractivity contribution in [1.29, 1.82) is 0 Å². The van der Waals surface area contributed by atoms with Crippen LogP contribution in [0, 0.1) is 11.3 Å². The average molecular weight is 441 g/mol. The lowest BCUT2D eigenvalue weighted by molar-refractivity contribution is -0.0983. The Balaban J connectivity index is 1.66. The Morgan fingerprint density at radius 2 is 1.84 bits per heavy atom. The van der Waals surface area contributed by atoms with E-state index in [1.165, 1.54) is 32.1 Å². The number of amides is 1. The van der Waals surface area contributed by atoms with E-state index in [1.807, 2.05) is 24.4 Å². The van der Waals surface area contributed by atoms with Gasteiger partial charge in [0.1, 0.15) is 0 Å². The van der Waals surface area contributed by atoms with Crippen LogP contribution in [0.1, 0.15) is 108 Å². The van der Waals surface area contributed by atoms with Crippen LogP contribution >= 0.6 is 0 Å². The Labute approximate surface area is 192 Å². The van der Waals surface area contributed by atoms with E-state index in [0.717, 1.165) is 29.9 Å². The molecule has 6 heteroatoms. The van der Waals surface area contributed by atoms with Gasteiger partial charge in [0.15, 0.2) is 11.3 Å². The smallest absolute Gasteiger partial charge is 0.274 e. The largest absolute Gasteiger partial charge is 0.390 e. The van der Waals surface area contributed by atoms with Gasteiger partial charge >= 0.3 is 0 Å². The van der Waals surface area contributed by atoms with Gasteiger partial charge in [0.2, 0.25) is 0 Å². The first-order valence-electron chi connectivity index (χ1n) is 12.4. The number of likely N-dealkylation sites (tertiary alicyclic amines) is 1. The van der Waals surface area contributed by atoms with Crippen molar-refractivity contribution in [3.05, 3.63) is 29.2 Å². The number of carbonyl (C=O) groups excluding carboxylic acids is 1. The molecule has 0 aromatic carbocycles. The van der Waals surface area contributed by atoms with E-state index >= 15 is 0 Å². The molecule has 1 saturated carbocycles. The molecular formula is C26H40N4O2. The highest BCUT2D eigenvalue weighted by molar-refractivity contribution is 5.94. The van der Waals surface area contributed by atoms with Crippen molar-refractivity contribution in [2.24, 2.45) is 11.3 Å². The molecule has 0 spiro atoms. The van der Waals surface area contributed by atoms with Crippen LogP contribution in [-0.4, -0.2) is 48.7 Å². The van der Waals surface area contributed by atoms with Crippen LogP contribution in [0.2, 0.25) is 0 Å². The zero-order valence-corrected chi connectivity index (χ0v) is 20.7. The molecule has 176 valence electrons. The molecule has 1 saturated heterocycles. The topological polar surface area (TPSA) is 70.7 Å². The van der Waals surface area contributed by atoms with E-state index < -0.39 is 11.6 Å². The summed E-state index contributed by atoms with van der Waals surface area (Å²) >= 11 is 0. The Hall–Kier alpha value is -1.95. The summed E-state index contributed by atoms with van der Waals surface area (Å²) in [6.07, 6.45) is 7.74. The summed E-state index contributed by atoms with van der Waals surface area (Å²) in [5.41, 5.74) is 2.49. The second-order valence-corrected chi connectivity index (χ2v) is 11.6. The van der Waals surface area contributed by atoms with Crippen LogP contribution in [0.3, 0.4) is 0 Å². The number of fused-ring (bicyclic) bond motifs is 1. The molecule has 2 aromatic rings. The minimum Gasteiger partial charge on any atom is -0.390 e. The van der Waals surface area contributed by atoms with Crippen molar-refractivity contribution >= 4 is 11.6 Å². The number of aliphatic hydroxyl groups excluding tert-OH is 1. The maximum atomic E-state index is 13.5. The standard InChI is InChI=1S/C26H40N4O2/c1-17(2)21-15-19(14-18-10-8-7-9-11-18)27-22-16-20(28-30(21)22)23(31)29-13-12-25(3,4)24(32)26(29,5)6/h15-18,24,32H,7-14H2,1-6H3. The summed E-state index contributed by atoms with van der Waals surface area (Å²) < 4.78 is 1.85. The fourth-order valence-electron chi connectivity index (χ4n) is 5.79. The van der Waals surface area contributed by atoms with Crippen LogP contribution in [0.5, 0.6) is 0 Å². The van der Waals surface area contributed by atoms with Gasteiger partial charge in [-0.15, -0.1) is 0 Å². The molecule has 1 atom stereocenters. The number of hydrogen-bond acceptors (Lipinski definition) is 4. The normalized spacial score (nSPS) is 23.8. The fraction of sp³-hybridized carbons (Fsp3) is 0.731. The Morgan fingerprint density at radius 3 is 2.50 bits per heavy atom. The van der Waals surface area contributed by atoms with Crippen molar-refractivity contribution in [3.63, 3.8) is 0 Å². The molecule has 2 fully saturated rings. The van der Waals surface area contributed by atoms with E-state index in [1.54, 1.807) is 4.90 Å². The van der Waals surface area contributed by atoms with Crippen LogP contribution in [0.15, 0.2) is 12.1 Å². The SMILES string of the molecule is CC(C)c1cc(CC2CCCCC2)nc2cc(C(=O)N3CCC(C)(C)C(O)C3(C)C)nn12. The molecule has 4 rings (SSSR count). The number of hydrogen-bond donors (Lipinski definition) is 1.